The van der Waals surface area contributed by atoms with Crippen molar-refractivity contribution in [2.75, 3.05) is 6.26 Å². The molecule has 0 amide bonds. The minimum absolute atomic E-state index is 0.0594. The van der Waals surface area contributed by atoms with Crippen molar-refractivity contribution in [1.82, 2.24) is 9.97 Å². The summed E-state index contributed by atoms with van der Waals surface area (Å²) in [5.41, 5.74) is 0.902. The summed E-state index contributed by atoms with van der Waals surface area (Å²) in [5.74, 6) is 0.177. The third-order valence-corrected chi connectivity index (χ3v) is 3.94. The first-order valence-electron chi connectivity index (χ1n) is 7.48. The molecule has 2 aromatic rings. The Balaban J connectivity index is 2.49. The Bertz CT molecular complexity index is 815. The topological polar surface area (TPSA) is 92.3 Å². The number of benzene rings is 1. The Kier molecular flexibility index (Phi) is 5.66. The van der Waals surface area contributed by atoms with Gasteiger partial charge >= 0.3 is 0 Å². The van der Waals surface area contributed by atoms with Crippen molar-refractivity contribution in [2.45, 2.75) is 38.5 Å². The maximum Gasteiger partial charge on any atom is 0.258 e. The van der Waals surface area contributed by atoms with Crippen molar-refractivity contribution in [3.05, 3.63) is 45.2 Å². The number of aromatic nitrogens is 2. The van der Waals surface area contributed by atoms with Gasteiger partial charge in [-0.05, 0) is 50.8 Å². The number of Topliss-reactive ketones (excluding diaryl/α,β-unsaturated/α-hetero) is 1. The van der Waals surface area contributed by atoms with Crippen LogP contribution in [0.2, 0.25) is 0 Å². The van der Waals surface area contributed by atoms with E-state index < -0.39 is 5.56 Å². The Hall–Kier alpha value is -2.28. The second-order valence-corrected chi connectivity index (χ2v) is 6.39. The number of thioether (sulfide) groups is 1. The Labute approximate surface area is 144 Å². The van der Waals surface area contributed by atoms with Crippen molar-refractivity contribution in [2.24, 2.45) is 0 Å². The molecule has 1 aromatic heterocycles. The molecule has 1 heterocycles. The van der Waals surface area contributed by atoms with Crippen molar-refractivity contribution in [3.8, 4) is 11.6 Å². The molecule has 2 rings (SSSR count). The summed E-state index contributed by atoms with van der Waals surface area (Å²) in [7, 11) is 0. The first-order valence-corrected chi connectivity index (χ1v) is 8.71. The summed E-state index contributed by atoms with van der Waals surface area (Å²) in [4.78, 5) is 30.4. The zero-order valence-electron chi connectivity index (χ0n) is 14.0. The second kappa shape index (κ2) is 7.53. The second-order valence-electron chi connectivity index (χ2n) is 5.60. The molecule has 0 radical (unpaired) electrons. The van der Waals surface area contributed by atoms with Crippen LogP contribution in [0.3, 0.4) is 0 Å². The van der Waals surface area contributed by atoms with E-state index in [-0.39, 0.29) is 29.8 Å². The van der Waals surface area contributed by atoms with E-state index in [1.807, 2.05) is 13.8 Å². The Morgan fingerprint density at radius 1 is 1.42 bits per heavy atom. The molecule has 0 bridgehead atoms. The molecule has 2 N–H and O–H groups in total. The fraction of sp³-hybridized carbons (Fsp3) is 0.353. The lowest BCUT2D eigenvalue weighted by molar-refractivity contribution is 0.101. The van der Waals surface area contributed by atoms with Crippen LogP contribution in [0.15, 0.2) is 28.2 Å². The molecule has 0 aliphatic heterocycles. The first-order chi connectivity index (χ1) is 11.3. The van der Waals surface area contributed by atoms with Gasteiger partial charge in [-0.25, -0.2) is 0 Å². The van der Waals surface area contributed by atoms with Gasteiger partial charge in [0.15, 0.2) is 10.9 Å². The number of rotatable bonds is 6. The van der Waals surface area contributed by atoms with E-state index in [9.17, 15) is 14.7 Å². The fourth-order valence-corrected chi connectivity index (χ4v) is 2.59. The van der Waals surface area contributed by atoms with Gasteiger partial charge in [0.05, 0.1) is 11.7 Å². The predicted molar refractivity (Wildman–Crippen MR) is 93.3 cm³/mol. The molecule has 0 unspecified atom stereocenters. The zero-order valence-corrected chi connectivity index (χ0v) is 14.9. The largest absolute Gasteiger partial charge is 0.493 e. The predicted octanol–water partition coefficient (Wildman–Crippen LogP) is 2.78. The third kappa shape index (κ3) is 4.17. The lowest BCUT2D eigenvalue weighted by Crippen LogP contribution is -2.16. The van der Waals surface area contributed by atoms with Crippen LogP contribution in [0.1, 0.15) is 42.3 Å². The highest BCUT2D eigenvalue weighted by Crippen LogP contribution is 2.26. The minimum atomic E-state index is -0.407. The van der Waals surface area contributed by atoms with E-state index in [4.69, 9.17) is 4.74 Å². The molecule has 0 saturated heterocycles. The van der Waals surface area contributed by atoms with Crippen LogP contribution in [0.25, 0.3) is 0 Å². The highest BCUT2D eigenvalue weighted by Gasteiger charge is 2.16. The number of nitrogens with zero attached hydrogens (tertiary/aromatic N) is 1. The van der Waals surface area contributed by atoms with E-state index in [0.717, 1.165) is 0 Å². The van der Waals surface area contributed by atoms with Gasteiger partial charge in [0.1, 0.15) is 5.75 Å². The maximum atomic E-state index is 12.2. The van der Waals surface area contributed by atoms with Gasteiger partial charge in [-0.3, -0.25) is 9.59 Å². The number of aromatic amines is 1. The number of nitrogens with one attached hydrogen (secondary N) is 1. The number of carbonyl (C=O) groups excluding carboxylic acids is 1. The van der Waals surface area contributed by atoms with Crippen LogP contribution in [-0.4, -0.2) is 33.2 Å². The summed E-state index contributed by atoms with van der Waals surface area (Å²) in [6, 6.07) is 5.07. The normalized spacial score (nSPS) is 10.9. The van der Waals surface area contributed by atoms with Gasteiger partial charge in [-0.2, -0.15) is 4.98 Å². The van der Waals surface area contributed by atoms with Crippen LogP contribution in [0, 0.1) is 0 Å². The molecule has 0 saturated carbocycles. The van der Waals surface area contributed by atoms with Gasteiger partial charge in [-0.1, -0.05) is 11.8 Å². The Morgan fingerprint density at radius 3 is 2.67 bits per heavy atom. The lowest BCUT2D eigenvalue weighted by atomic mass is 10.0. The summed E-state index contributed by atoms with van der Waals surface area (Å²) in [6.45, 7) is 5.25. The van der Waals surface area contributed by atoms with E-state index >= 15 is 0 Å². The molecule has 24 heavy (non-hydrogen) atoms. The third-order valence-electron chi connectivity index (χ3n) is 3.36. The van der Waals surface area contributed by atoms with E-state index in [2.05, 4.69) is 9.97 Å². The van der Waals surface area contributed by atoms with Crippen molar-refractivity contribution >= 4 is 17.5 Å². The Morgan fingerprint density at radius 2 is 2.12 bits per heavy atom. The van der Waals surface area contributed by atoms with Crippen LogP contribution in [0.5, 0.6) is 11.6 Å². The quantitative estimate of drug-likeness (QED) is 0.474. The number of carbonyl (C=O) groups is 1. The first kappa shape index (κ1) is 18.1. The van der Waals surface area contributed by atoms with E-state index in [1.54, 1.807) is 24.5 Å². The standard InChI is InChI=1S/C17H20N2O4S/c1-9(2)23-14-6-5-11(10(3)20)7-12(14)8-13-15(21)18-17(24-4)19-16(13)22/h5-7,9H,8H2,1-4H3,(H2,18,19,21,22). The molecular weight excluding hydrogens is 328 g/mol. The molecule has 1 aromatic carbocycles. The fourth-order valence-electron chi connectivity index (χ4n) is 2.22. The van der Waals surface area contributed by atoms with Crippen molar-refractivity contribution < 1.29 is 14.6 Å². The smallest absolute Gasteiger partial charge is 0.258 e. The lowest BCUT2D eigenvalue weighted by Gasteiger charge is -2.15. The number of ketones is 1. The number of H-pyrrole nitrogens is 1. The van der Waals surface area contributed by atoms with Crippen LogP contribution in [-0.2, 0) is 6.42 Å². The maximum absolute atomic E-state index is 12.2. The average molecular weight is 348 g/mol. The number of hydrogen-bond donors (Lipinski definition) is 2. The number of ether oxygens (including phenoxy) is 1. The van der Waals surface area contributed by atoms with Gasteiger partial charge in [0.25, 0.3) is 5.56 Å². The molecule has 7 heteroatoms. The molecule has 0 aliphatic rings. The van der Waals surface area contributed by atoms with Crippen molar-refractivity contribution in [3.63, 3.8) is 0 Å². The molecule has 0 spiro atoms. The van der Waals surface area contributed by atoms with Gasteiger partial charge < -0.3 is 14.8 Å². The molecule has 0 aliphatic carbocycles. The number of hydrogen-bond acceptors (Lipinski definition) is 6. The van der Waals surface area contributed by atoms with Gasteiger partial charge in [0.2, 0.25) is 5.88 Å². The highest BCUT2D eigenvalue weighted by atomic mass is 32.2. The van der Waals surface area contributed by atoms with Gasteiger partial charge in [0, 0.05) is 12.0 Å². The number of aromatic hydroxyl groups is 1. The molecule has 128 valence electrons. The SMILES string of the molecule is CSc1nc(O)c(Cc2cc(C(C)=O)ccc2OC(C)C)c(=O)[nH]1. The molecule has 0 fully saturated rings. The highest BCUT2D eigenvalue weighted by molar-refractivity contribution is 7.98. The summed E-state index contributed by atoms with van der Waals surface area (Å²) < 4.78 is 5.75. The zero-order chi connectivity index (χ0) is 17.9. The summed E-state index contributed by atoms with van der Waals surface area (Å²) in [5, 5.41) is 10.4. The molecule has 0 atom stereocenters. The summed E-state index contributed by atoms with van der Waals surface area (Å²) in [6.07, 6.45) is 1.81. The molecule has 6 nitrogen and oxygen atoms in total. The van der Waals surface area contributed by atoms with Crippen LogP contribution < -0.4 is 10.3 Å². The average Bonchev–Trinajstić information content (AvgIpc) is 2.51. The monoisotopic (exact) mass is 348 g/mol. The van der Waals surface area contributed by atoms with Crippen molar-refractivity contribution in [1.29, 1.82) is 0 Å². The minimum Gasteiger partial charge on any atom is -0.493 e. The van der Waals surface area contributed by atoms with E-state index in [0.29, 0.717) is 22.0 Å². The van der Waals surface area contributed by atoms with E-state index in [1.165, 1.54) is 18.7 Å². The summed E-state index contributed by atoms with van der Waals surface area (Å²) >= 11 is 1.23. The van der Waals surface area contributed by atoms with Gasteiger partial charge in [-0.15, -0.1) is 0 Å². The van der Waals surface area contributed by atoms with Crippen LogP contribution >= 0.6 is 11.8 Å². The van der Waals surface area contributed by atoms with Crippen LogP contribution in [0.4, 0.5) is 0 Å². The molecular formula is C17H20N2O4S.